The van der Waals surface area contributed by atoms with Gasteiger partial charge in [-0.25, -0.2) is 0 Å². The summed E-state index contributed by atoms with van der Waals surface area (Å²) < 4.78 is 27.2. The van der Waals surface area contributed by atoms with Crippen LogP contribution >= 0.6 is 0 Å². The van der Waals surface area contributed by atoms with Crippen molar-refractivity contribution in [3.05, 3.63) is 0 Å². The van der Waals surface area contributed by atoms with Crippen LogP contribution in [0.1, 0.15) is 32.1 Å². The van der Waals surface area contributed by atoms with Gasteiger partial charge >= 0.3 is 0 Å². The minimum Gasteiger partial charge on any atom is -0.396 e. The molecule has 0 aromatic rings. The maximum Gasteiger partial charge on any atom is 0.267 e. The Morgan fingerprint density at radius 2 is 1.73 bits per heavy atom. The van der Waals surface area contributed by atoms with Gasteiger partial charge in [-0.05, 0) is 25.8 Å². The molecule has 0 radical (unpaired) electrons. The summed E-state index contributed by atoms with van der Waals surface area (Å²) >= 11 is 0. The van der Waals surface area contributed by atoms with Gasteiger partial charge < -0.3 is 10.8 Å². The molecule has 0 fully saturated rings. The van der Waals surface area contributed by atoms with E-state index in [1.54, 1.807) is 0 Å². The smallest absolute Gasteiger partial charge is 0.267 e. The monoisotopic (exact) mass is 239 g/mol. The second kappa shape index (κ2) is 9.08. The van der Waals surface area contributed by atoms with Crippen molar-refractivity contribution < 1.29 is 17.7 Å². The fourth-order valence-electron chi connectivity index (χ4n) is 1.07. The number of hydrogen-bond donors (Lipinski definition) is 2. The maximum atomic E-state index is 11.2. The van der Waals surface area contributed by atoms with Crippen LogP contribution in [-0.2, 0) is 14.3 Å². The van der Waals surface area contributed by atoms with Gasteiger partial charge in [-0.1, -0.05) is 12.8 Å². The van der Waals surface area contributed by atoms with Crippen molar-refractivity contribution >= 4 is 10.1 Å². The minimum absolute atomic E-state index is 0.0585. The second-order valence-electron chi connectivity index (χ2n) is 3.36. The lowest BCUT2D eigenvalue weighted by Crippen LogP contribution is -2.13. The third-order valence-electron chi connectivity index (χ3n) is 1.91. The zero-order chi connectivity index (χ0) is 11.6. The van der Waals surface area contributed by atoms with Gasteiger partial charge in [-0.15, -0.1) is 0 Å². The van der Waals surface area contributed by atoms with Gasteiger partial charge in [0.1, 0.15) is 0 Å². The number of aliphatic hydroxyl groups excluding tert-OH is 1. The topological polar surface area (TPSA) is 89.6 Å². The molecule has 0 rings (SSSR count). The van der Waals surface area contributed by atoms with E-state index in [9.17, 15) is 8.42 Å². The molecule has 92 valence electrons. The highest BCUT2D eigenvalue weighted by Crippen LogP contribution is 2.04. The number of rotatable bonds is 10. The summed E-state index contributed by atoms with van der Waals surface area (Å²) in [6.07, 6.45) is 3.54. The van der Waals surface area contributed by atoms with Gasteiger partial charge in [0, 0.05) is 6.61 Å². The van der Waals surface area contributed by atoms with Crippen LogP contribution in [0.5, 0.6) is 0 Å². The minimum atomic E-state index is -3.36. The van der Waals surface area contributed by atoms with Crippen molar-refractivity contribution in [3.63, 3.8) is 0 Å². The normalized spacial score (nSPS) is 11.9. The fourth-order valence-corrected chi connectivity index (χ4v) is 2.12. The molecule has 0 saturated carbocycles. The van der Waals surface area contributed by atoms with E-state index >= 15 is 0 Å². The first kappa shape index (κ1) is 14.8. The Hall–Kier alpha value is -0.170. The molecule has 0 atom stereocenters. The molecule has 0 unspecified atom stereocenters. The SMILES string of the molecule is NCCCOS(=O)(=O)CCCCCCO. The van der Waals surface area contributed by atoms with Crippen molar-refractivity contribution in [2.24, 2.45) is 5.73 Å². The molecule has 6 heteroatoms. The summed E-state index contributed by atoms with van der Waals surface area (Å²) in [5.74, 6) is 0.0585. The molecule has 0 amide bonds. The molecule has 0 aromatic heterocycles. The molecule has 15 heavy (non-hydrogen) atoms. The van der Waals surface area contributed by atoms with E-state index in [1.165, 1.54) is 0 Å². The van der Waals surface area contributed by atoms with E-state index in [0.29, 0.717) is 19.4 Å². The Morgan fingerprint density at radius 3 is 2.33 bits per heavy atom. The maximum absolute atomic E-state index is 11.2. The number of nitrogens with two attached hydrogens (primary N) is 1. The van der Waals surface area contributed by atoms with Gasteiger partial charge in [-0.3, -0.25) is 4.18 Å². The molecule has 5 nitrogen and oxygen atoms in total. The first-order valence-corrected chi connectivity index (χ1v) is 6.88. The standard InChI is InChI=1S/C9H21NO4S/c10-6-5-8-14-15(12,13)9-4-2-1-3-7-11/h11H,1-10H2. The van der Waals surface area contributed by atoms with Crippen LogP contribution in [0.15, 0.2) is 0 Å². The lowest BCUT2D eigenvalue weighted by molar-refractivity contribution is 0.282. The third-order valence-corrected chi connectivity index (χ3v) is 3.23. The Balaban J connectivity index is 3.47. The summed E-state index contributed by atoms with van der Waals surface area (Å²) in [5.41, 5.74) is 5.21. The van der Waals surface area contributed by atoms with E-state index in [0.717, 1.165) is 19.3 Å². The van der Waals surface area contributed by atoms with Crippen molar-refractivity contribution in [3.8, 4) is 0 Å². The molecular weight excluding hydrogens is 218 g/mol. The molecule has 0 spiro atoms. The summed E-state index contributed by atoms with van der Waals surface area (Å²) in [6, 6.07) is 0. The average Bonchev–Trinajstić information content (AvgIpc) is 2.17. The highest BCUT2D eigenvalue weighted by atomic mass is 32.2. The van der Waals surface area contributed by atoms with Crippen LogP contribution in [0.3, 0.4) is 0 Å². The van der Waals surface area contributed by atoms with Crippen LogP contribution in [0.4, 0.5) is 0 Å². The van der Waals surface area contributed by atoms with Crippen molar-refractivity contribution in [2.75, 3.05) is 25.5 Å². The molecule has 0 aromatic carbocycles. The van der Waals surface area contributed by atoms with Crippen molar-refractivity contribution in [2.45, 2.75) is 32.1 Å². The summed E-state index contributed by atoms with van der Waals surface area (Å²) in [4.78, 5) is 0. The molecular formula is C9H21NO4S. The van der Waals surface area contributed by atoms with Gasteiger partial charge in [0.2, 0.25) is 0 Å². The highest BCUT2D eigenvalue weighted by molar-refractivity contribution is 7.86. The van der Waals surface area contributed by atoms with Gasteiger partial charge in [-0.2, -0.15) is 8.42 Å². The number of aliphatic hydroxyl groups is 1. The van der Waals surface area contributed by atoms with E-state index in [4.69, 9.17) is 15.0 Å². The highest BCUT2D eigenvalue weighted by Gasteiger charge is 2.09. The first-order chi connectivity index (χ1) is 7.12. The van der Waals surface area contributed by atoms with Gasteiger partial charge in [0.15, 0.2) is 0 Å². The van der Waals surface area contributed by atoms with E-state index < -0.39 is 10.1 Å². The summed E-state index contributed by atoms with van der Waals surface area (Å²) in [5, 5.41) is 8.51. The zero-order valence-corrected chi connectivity index (χ0v) is 9.84. The summed E-state index contributed by atoms with van der Waals surface area (Å²) in [6.45, 7) is 0.779. The van der Waals surface area contributed by atoms with E-state index in [2.05, 4.69) is 0 Å². The number of hydrogen-bond acceptors (Lipinski definition) is 5. The third kappa shape index (κ3) is 10.1. The molecule has 0 saturated heterocycles. The molecule has 0 aliphatic heterocycles. The van der Waals surface area contributed by atoms with Crippen LogP contribution in [0.2, 0.25) is 0 Å². The Bertz CT molecular complexity index is 228. The lowest BCUT2D eigenvalue weighted by Gasteiger charge is -2.04. The molecule has 0 bridgehead atoms. The predicted molar refractivity (Wildman–Crippen MR) is 59.0 cm³/mol. The Labute approximate surface area is 91.7 Å². The Kier molecular flexibility index (Phi) is 8.98. The molecule has 0 aliphatic rings. The molecule has 3 N–H and O–H groups in total. The zero-order valence-electron chi connectivity index (χ0n) is 9.02. The summed E-state index contributed by atoms with van der Waals surface area (Å²) in [7, 11) is -3.36. The largest absolute Gasteiger partial charge is 0.396 e. The van der Waals surface area contributed by atoms with Gasteiger partial charge in [0.25, 0.3) is 10.1 Å². The van der Waals surface area contributed by atoms with Crippen molar-refractivity contribution in [1.29, 1.82) is 0 Å². The van der Waals surface area contributed by atoms with E-state index in [1.807, 2.05) is 0 Å². The van der Waals surface area contributed by atoms with Gasteiger partial charge in [0.05, 0.1) is 12.4 Å². The average molecular weight is 239 g/mol. The van der Waals surface area contributed by atoms with Crippen molar-refractivity contribution in [1.82, 2.24) is 0 Å². The number of unbranched alkanes of at least 4 members (excludes halogenated alkanes) is 3. The lowest BCUT2D eigenvalue weighted by atomic mass is 10.2. The van der Waals surface area contributed by atoms with Crippen LogP contribution in [0.25, 0.3) is 0 Å². The van der Waals surface area contributed by atoms with Crippen LogP contribution < -0.4 is 5.73 Å². The Morgan fingerprint density at radius 1 is 1.07 bits per heavy atom. The van der Waals surface area contributed by atoms with Crippen LogP contribution in [0, 0.1) is 0 Å². The van der Waals surface area contributed by atoms with E-state index in [-0.39, 0.29) is 19.0 Å². The molecule has 0 aliphatic carbocycles. The quantitative estimate of drug-likeness (QED) is 0.421. The second-order valence-corrected chi connectivity index (χ2v) is 5.12. The fraction of sp³-hybridized carbons (Fsp3) is 1.00. The first-order valence-electron chi connectivity index (χ1n) is 5.30. The van der Waals surface area contributed by atoms with Crippen LogP contribution in [-0.4, -0.2) is 39.0 Å². The molecule has 0 heterocycles. The predicted octanol–water partition coefficient (Wildman–Crippen LogP) is 0.234.